The van der Waals surface area contributed by atoms with Crippen molar-refractivity contribution in [3.05, 3.63) is 71.3 Å². The van der Waals surface area contributed by atoms with Crippen LogP contribution in [0.5, 0.6) is 0 Å². The van der Waals surface area contributed by atoms with E-state index in [-0.39, 0.29) is 5.97 Å². The fourth-order valence-electron chi connectivity index (χ4n) is 2.16. The van der Waals surface area contributed by atoms with Gasteiger partial charge in [-0.3, -0.25) is 0 Å². The monoisotopic (exact) mass is 285 g/mol. The van der Waals surface area contributed by atoms with E-state index in [1.807, 2.05) is 30.3 Å². The van der Waals surface area contributed by atoms with E-state index in [1.54, 1.807) is 24.3 Å². The summed E-state index contributed by atoms with van der Waals surface area (Å²) in [4.78, 5) is 11.4. The largest absolute Gasteiger partial charge is 0.465 e. The second-order valence-corrected chi connectivity index (χ2v) is 4.90. The number of carbonyl (C=O) groups excluding carboxylic acids is 1. The summed E-state index contributed by atoms with van der Waals surface area (Å²) >= 11 is 0. The lowest BCUT2D eigenvalue weighted by Gasteiger charge is -2.19. The number of nitrogens with two attached hydrogens (primary N) is 1. The van der Waals surface area contributed by atoms with Gasteiger partial charge in [-0.2, -0.15) is 0 Å². The van der Waals surface area contributed by atoms with Crippen molar-refractivity contribution < 1.29 is 14.6 Å². The molecular formula is C17H19NO3. The summed E-state index contributed by atoms with van der Waals surface area (Å²) in [5.41, 5.74) is 8.36. The van der Waals surface area contributed by atoms with E-state index in [9.17, 15) is 9.90 Å². The maximum absolute atomic E-state index is 11.4. The molecule has 2 rings (SSSR count). The first kappa shape index (κ1) is 15.2. The van der Waals surface area contributed by atoms with Crippen LogP contribution < -0.4 is 5.73 Å². The summed E-state index contributed by atoms with van der Waals surface area (Å²) in [6.45, 7) is 0. The van der Waals surface area contributed by atoms with Crippen molar-refractivity contribution in [3.8, 4) is 0 Å². The normalized spacial score (nSPS) is 13.5. The van der Waals surface area contributed by atoms with Crippen LogP contribution in [0.25, 0.3) is 0 Å². The zero-order valence-corrected chi connectivity index (χ0v) is 11.9. The highest BCUT2D eigenvalue weighted by molar-refractivity contribution is 5.89. The van der Waals surface area contributed by atoms with Crippen molar-refractivity contribution in [1.29, 1.82) is 0 Å². The Labute approximate surface area is 124 Å². The lowest BCUT2D eigenvalue weighted by atomic mass is 9.96. The zero-order chi connectivity index (χ0) is 15.2. The molecule has 0 spiro atoms. The predicted molar refractivity (Wildman–Crippen MR) is 80.9 cm³/mol. The second kappa shape index (κ2) is 7.02. The summed E-state index contributed by atoms with van der Waals surface area (Å²) in [6, 6.07) is 16.0. The summed E-state index contributed by atoms with van der Waals surface area (Å²) < 4.78 is 4.64. The van der Waals surface area contributed by atoms with Crippen molar-refractivity contribution in [3.63, 3.8) is 0 Å². The minimum Gasteiger partial charge on any atom is -0.465 e. The molecule has 0 fully saturated rings. The Hall–Kier alpha value is -2.17. The number of hydrogen-bond donors (Lipinski definition) is 2. The van der Waals surface area contributed by atoms with Crippen LogP contribution in [0.3, 0.4) is 0 Å². The molecule has 3 N–H and O–H groups in total. The van der Waals surface area contributed by atoms with Crippen molar-refractivity contribution in [1.82, 2.24) is 0 Å². The molecule has 2 atom stereocenters. The van der Waals surface area contributed by atoms with Gasteiger partial charge in [0.05, 0.1) is 24.8 Å². The Balaban J connectivity index is 2.05. The molecule has 21 heavy (non-hydrogen) atoms. The van der Waals surface area contributed by atoms with Crippen LogP contribution in [-0.4, -0.2) is 24.3 Å². The van der Waals surface area contributed by atoms with Gasteiger partial charge in [0, 0.05) is 6.42 Å². The third kappa shape index (κ3) is 3.90. The maximum Gasteiger partial charge on any atom is 0.337 e. The molecule has 110 valence electrons. The number of aliphatic hydroxyl groups is 1. The molecule has 0 aliphatic carbocycles. The fraction of sp³-hybridized carbons (Fsp3) is 0.235. The Morgan fingerprint density at radius 3 is 2.33 bits per heavy atom. The Morgan fingerprint density at radius 1 is 1.14 bits per heavy atom. The topological polar surface area (TPSA) is 72.5 Å². The molecular weight excluding hydrogens is 266 g/mol. The predicted octanol–water partition coefficient (Wildman–Crippen LogP) is 2.08. The standard InChI is InChI=1S/C17H19NO3/c1-21-17(20)14-9-7-13(8-10-14)16(18)15(19)11-12-5-3-2-4-6-12/h2-10,15-16,19H,11,18H2,1H3/t15-,16+/m1/s1. The lowest BCUT2D eigenvalue weighted by molar-refractivity contribution is 0.0600. The molecule has 0 aliphatic rings. The third-order valence-corrected chi connectivity index (χ3v) is 3.42. The lowest BCUT2D eigenvalue weighted by Crippen LogP contribution is -2.28. The van der Waals surface area contributed by atoms with E-state index in [2.05, 4.69) is 4.74 Å². The van der Waals surface area contributed by atoms with Gasteiger partial charge in [0.15, 0.2) is 0 Å². The molecule has 4 heteroatoms. The fourth-order valence-corrected chi connectivity index (χ4v) is 2.16. The molecule has 0 aromatic heterocycles. The molecule has 0 aliphatic heterocycles. The molecule has 2 aromatic carbocycles. The van der Waals surface area contributed by atoms with Crippen LogP contribution in [0.15, 0.2) is 54.6 Å². The third-order valence-electron chi connectivity index (χ3n) is 3.42. The Bertz CT molecular complexity index is 581. The van der Waals surface area contributed by atoms with Gasteiger partial charge in [-0.25, -0.2) is 4.79 Å². The molecule has 0 bridgehead atoms. The van der Waals surface area contributed by atoms with Crippen LogP contribution in [0, 0.1) is 0 Å². The number of esters is 1. The first-order valence-electron chi connectivity index (χ1n) is 6.77. The summed E-state index contributed by atoms with van der Waals surface area (Å²) in [5.74, 6) is -0.389. The number of hydrogen-bond acceptors (Lipinski definition) is 4. The van der Waals surface area contributed by atoms with Gasteiger partial charge < -0.3 is 15.6 Å². The first-order chi connectivity index (χ1) is 10.1. The smallest absolute Gasteiger partial charge is 0.337 e. The number of methoxy groups -OCH3 is 1. The van der Waals surface area contributed by atoms with Gasteiger partial charge in [0.25, 0.3) is 0 Å². The minimum absolute atomic E-state index is 0.389. The number of carbonyl (C=O) groups is 1. The highest BCUT2D eigenvalue weighted by Crippen LogP contribution is 2.18. The van der Waals surface area contributed by atoms with E-state index in [0.29, 0.717) is 12.0 Å². The second-order valence-electron chi connectivity index (χ2n) is 4.90. The summed E-state index contributed by atoms with van der Waals surface area (Å²) in [7, 11) is 1.34. The quantitative estimate of drug-likeness (QED) is 0.825. The van der Waals surface area contributed by atoms with Gasteiger partial charge in [0.1, 0.15) is 0 Å². The number of aliphatic hydroxyl groups excluding tert-OH is 1. The molecule has 0 saturated carbocycles. The Kier molecular flexibility index (Phi) is 5.09. The number of benzene rings is 2. The van der Waals surface area contributed by atoms with Crippen molar-refractivity contribution in [2.75, 3.05) is 7.11 Å². The van der Waals surface area contributed by atoms with Crippen LogP contribution in [-0.2, 0) is 11.2 Å². The van der Waals surface area contributed by atoms with Crippen LogP contribution in [0.1, 0.15) is 27.5 Å². The van der Waals surface area contributed by atoms with E-state index < -0.39 is 12.1 Å². The van der Waals surface area contributed by atoms with Gasteiger partial charge in [0.2, 0.25) is 0 Å². The Morgan fingerprint density at radius 2 is 1.76 bits per heavy atom. The molecule has 0 saturated heterocycles. The number of ether oxygens (including phenoxy) is 1. The summed E-state index contributed by atoms with van der Waals surface area (Å²) in [6.07, 6.45) is -0.197. The van der Waals surface area contributed by atoms with Crippen LogP contribution in [0.4, 0.5) is 0 Å². The highest BCUT2D eigenvalue weighted by atomic mass is 16.5. The summed E-state index contributed by atoms with van der Waals surface area (Å²) in [5, 5.41) is 10.2. The molecule has 0 radical (unpaired) electrons. The molecule has 0 heterocycles. The zero-order valence-electron chi connectivity index (χ0n) is 11.9. The minimum atomic E-state index is -0.684. The first-order valence-corrected chi connectivity index (χ1v) is 6.77. The highest BCUT2D eigenvalue weighted by Gasteiger charge is 2.17. The molecule has 0 amide bonds. The van der Waals surface area contributed by atoms with Gasteiger partial charge in [-0.15, -0.1) is 0 Å². The van der Waals surface area contributed by atoms with Gasteiger partial charge in [-0.1, -0.05) is 42.5 Å². The van der Waals surface area contributed by atoms with E-state index in [1.165, 1.54) is 7.11 Å². The average molecular weight is 285 g/mol. The SMILES string of the molecule is COC(=O)c1ccc([C@H](N)[C@H](O)Cc2ccccc2)cc1. The average Bonchev–Trinajstić information content (AvgIpc) is 2.54. The van der Waals surface area contributed by atoms with Crippen LogP contribution in [0.2, 0.25) is 0 Å². The van der Waals surface area contributed by atoms with E-state index in [0.717, 1.165) is 11.1 Å². The number of rotatable bonds is 5. The van der Waals surface area contributed by atoms with Crippen molar-refractivity contribution in [2.24, 2.45) is 5.73 Å². The van der Waals surface area contributed by atoms with Crippen LogP contribution >= 0.6 is 0 Å². The van der Waals surface area contributed by atoms with Crippen molar-refractivity contribution in [2.45, 2.75) is 18.6 Å². The van der Waals surface area contributed by atoms with Gasteiger partial charge in [-0.05, 0) is 23.3 Å². The molecule has 0 unspecified atom stereocenters. The van der Waals surface area contributed by atoms with Crippen molar-refractivity contribution >= 4 is 5.97 Å². The molecule has 4 nitrogen and oxygen atoms in total. The van der Waals surface area contributed by atoms with E-state index in [4.69, 9.17) is 5.73 Å². The maximum atomic E-state index is 11.4. The molecule has 2 aromatic rings. The van der Waals surface area contributed by atoms with E-state index >= 15 is 0 Å². The van der Waals surface area contributed by atoms with Gasteiger partial charge >= 0.3 is 5.97 Å².